The summed E-state index contributed by atoms with van der Waals surface area (Å²) in [5.41, 5.74) is 0. The van der Waals surface area contributed by atoms with E-state index in [-0.39, 0.29) is 18.8 Å². The number of ether oxygens (including phenoxy) is 1. The van der Waals surface area contributed by atoms with Crippen molar-refractivity contribution in [2.75, 3.05) is 6.61 Å². The second-order valence-corrected chi connectivity index (χ2v) is 3.05. The lowest BCUT2D eigenvalue weighted by atomic mass is 10.3. The first-order valence-corrected chi connectivity index (χ1v) is 4.37. The number of nitriles is 1. The van der Waals surface area contributed by atoms with Gasteiger partial charge in [-0.3, -0.25) is 4.79 Å². The fourth-order valence-electron chi connectivity index (χ4n) is 0.834. The van der Waals surface area contributed by atoms with Gasteiger partial charge < -0.3 is 4.74 Å². The molecule has 0 atom stereocenters. The number of ketones is 1. The molecule has 1 aromatic carbocycles. The van der Waals surface area contributed by atoms with Crippen molar-refractivity contribution >= 4 is 17.4 Å². The highest BCUT2D eigenvalue weighted by Crippen LogP contribution is 2.15. The summed E-state index contributed by atoms with van der Waals surface area (Å²) in [6.07, 6.45) is -0.117. The van der Waals surface area contributed by atoms with Crippen LogP contribution in [0.5, 0.6) is 5.75 Å². The van der Waals surface area contributed by atoms with Gasteiger partial charge in [0.1, 0.15) is 12.4 Å². The Labute approximate surface area is 86.9 Å². The molecule has 0 saturated heterocycles. The fourth-order valence-corrected chi connectivity index (χ4v) is 0.960. The summed E-state index contributed by atoms with van der Waals surface area (Å²) in [5.74, 6) is 0.336. The lowest BCUT2D eigenvalue weighted by molar-refractivity contribution is -0.120. The Bertz CT molecular complexity index is 353. The minimum absolute atomic E-state index is 0.0742. The topological polar surface area (TPSA) is 50.1 Å². The largest absolute Gasteiger partial charge is 0.486 e. The first kappa shape index (κ1) is 10.6. The predicted octanol–water partition coefficient (Wildman–Crippen LogP) is 2.20. The number of nitrogens with zero attached hydrogens (tertiary/aromatic N) is 1. The standard InChI is InChI=1S/C10H8ClNO2/c11-8-1-3-10(4-2-8)14-7-9(13)5-6-12/h1-4H,5,7H2. The summed E-state index contributed by atoms with van der Waals surface area (Å²) in [4.78, 5) is 10.9. The average Bonchev–Trinajstić information content (AvgIpc) is 2.17. The van der Waals surface area contributed by atoms with Gasteiger partial charge in [-0.2, -0.15) is 5.26 Å². The van der Waals surface area contributed by atoms with E-state index in [0.717, 1.165) is 0 Å². The summed E-state index contributed by atoms with van der Waals surface area (Å²) in [6, 6.07) is 8.44. The maximum absolute atomic E-state index is 10.9. The van der Waals surface area contributed by atoms with E-state index in [9.17, 15) is 4.79 Å². The van der Waals surface area contributed by atoms with Gasteiger partial charge in [-0.25, -0.2) is 0 Å². The average molecular weight is 210 g/mol. The van der Waals surface area contributed by atoms with Crippen LogP contribution in [0.3, 0.4) is 0 Å². The maximum Gasteiger partial charge on any atom is 0.184 e. The summed E-state index contributed by atoms with van der Waals surface area (Å²) < 4.78 is 5.12. The maximum atomic E-state index is 10.9. The van der Waals surface area contributed by atoms with Gasteiger partial charge in [0.15, 0.2) is 5.78 Å². The van der Waals surface area contributed by atoms with Crippen LogP contribution in [-0.2, 0) is 4.79 Å². The molecule has 14 heavy (non-hydrogen) atoms. The molecule has 0 radical (unpaired) electrons. The number of benzene rings is 1. The molecule has 0 N–H and O–H groups in total. The van der Waals surface area contributed by atoms with Crippen molar-refractivity contribution in [3.05, 3.63) is 29.3 Å². The third-order valence-corrected chi connectivity index (χ3v) is 1.74. The van der Waals surface area contributed by atoms with Gasteiger partial charge in [-0.15, -0.1) is 0 Å². The Kier molecular flexibility index (Phi) is 3.96. The normalized spacial score (nSPS) is 9.14. The number of hydrogen-bond acceptors (Lipinski definition) is 3. The molecule has 0 aromatic heterocycles. The second-order valence-electron chi connectivity index (χ2n) is 2.62. The minimum atomic E-state index is -0.234. The molecular weight excluding hydrogens is 202 g/mol. The van der Waals surface area contributed by atoms with Crippen LogP contribution in [0.25, 0.3) is 0 Å². The fraction of sp³-hybridized carbons (Fsp3) is 0.200. The van der Waals surface area contributed by atoms with E-state index in [4.69, 9.17) is 21.6 Å². The van der Waals surface area contributed by atoms with Crippen LogP contribution >= 0.6 is 11.6 Å². The van der Waals surface area contributed by atoms with Gasteiger partial charge >= 0.3 is 0 Å². The lowest BCUT2D eigenvalue weighted by Gasteiger charge is -2.03. The quantitative estimate of drug-likeness (QED) is 0.764. The van der Waals surface area contributed by atoms with E-state index in [1.165, 1.54) is 0 Å². The monoisotopic (exact) mass is 209 g/mol. The molecule has 0 fully saturated rings. The van der Waals surface area contributed by atoms with Crippen LogP contribution in [0.4, 0.5) is 0 Å². The number of rotatable bonds is 4. The van der Waals surface area contributed by atoms with Gasteiger partial charge in [-0.05, 0) is 24.3 Å². The Hall–Kier alpha value is -1.53. The van der Waals surface area contributed by atoms with Crippen LogP contribution in [0.2, 0.25) is 5.02 Å². The van der Waals surface area contributed by atoms with E-state index in [0.29, 0.717) is 10.8 Å². The van der Waals surface area contributed by atoms with E-state index in [1.54, 1.807) is 30.3 Å². The van der Waals surface area contributed by atoms with Gasteiger partial charge in [0.05, 0.1) is 12.5 Å². The van der Waals surface area contributed by atoms with Gasteiger partial charge in [0.25, 0.3) is 0 Å². The Morgan fingerprint density at radius 2 is 2.07 bits per heavy atom. The third-order valence-electron chi connectivity index (χ3n) is 1.49. The Morgan fingerprint density at radius 3 is 2.64 bits per heavy atom. The molecule has 72 valence electrons. The number of hydrogen-bond donors (Lipinski definition) is 0. The Balaban J connectivity index is 2.43. The highest BCUT2D eigenvalue weighted by atomic mass is 35.5. The lowest BCUT2D eigenvalue weighted by Crippen LogP contribution is -2.09. The zero-order chi connectivity index (χ0) is 10.4. The van der Waals surface area contributed by atoms with Crippen molar-refractivity contribution in [3.8, 4) is 11.8 Å². The van der Waals surface area contributed by atoms with Crippen LogP contribution in [0.15, 0.2) is 24.3 Å². The molecule has 0 aliphatic carbocycles. The molecule has 0 aliphatic heterocycles. The van der Waals surface area contributed by atoms with Crippen molar-refractivity contribution in [1.82, 2.24) is 0 Å². The van der Waals surface area contributed by atoms with Gasteiger partial charge in [0, 0.05) is 5.02 Å². The number of halogens is 1. The van der Waals surface area contributed by atoms with Crippen LogP contribution in [0, 0.1) is 11.3 Å². The molecule has 3 nitrogen and oxygen atoms in total. The highest BCUT2D eigenvalue weighted by molar-refractivity contribution is 6.30. The van der Waals surface area contributed by atoms with Gasteiger partial charge in [0.2, 0.25) is 0 Å². The second kappa shape index (κ2) is 5.25. The smallest absolute Gasteiger partial charge is 0.184 e. The molecule has 0 spiro atoms. The zero-order valence-electron chi connectivity index (χ0n) is 7.37. The van der Waals surface area contributed by atoms with Crippen molar-refractivity contribution < 1.29 is 9.53 Å². The minimum Gasteiger partial charge on any atom is -0.486 e. The number of carbonyl (C=O) groups is 1. The molecule has 0 amide bonds. The van der Waals surface area contributed by atoms with Gasteiger partial charge in [-0.1, -0.05) is 11.6 Å². The Morgan fingerprint density at radius 1 is 1.43 bits per heavy atom. The summed E-state index contributed by atoms with van der Waals surface area (Å²) in [7, 11) is 0. The molecule has 0 heterocycles. The van der Waals surface area contributed by atoms with Crippen molar-refractivity contribution in [3.63, 3.8) is 0 Å². The molecule has 1 rings (SSSR count). The highest BCUT2D eigenvalue weighted by Gasteiger charge is 2.01. The molecule has 0 unspecified atom stereocenters. The predicted molar refractivity (Wildman–Crippen MR) is 52.2 cm³/mol. The van der Waals surface area contributed by atoms with E-state index in [1.807, 2.05) is 0 Å². The summed E-state index contributed by atoms with van der Waals surface area (Å²) in [6.45, 7) is -0.0742. The van der Waals surface area contributed by atoms with E-state index >= 15 is 0 Å². The molecule has 0 aliphatic rings. The van der Waals surface area contributed by atoms with Crippen molar-refractivity contribution in [2.24, 2.45) is 0 Å². The summed E-state index contributed by atoms with van der Waals surface area (Å²) in [5, 5.41) is 8.84. The zero-order valence-corrected chi connectivity index (χ0v) is 8.12. The van der Waals surface area contributed by atoms with Crippen LogP contribution < -0.4 is 4.74 Å². The first-order valence-electron chi connectivity index (χ1n) is 3.99. The number of carbonyl (C=O) groups excluding carboxylic acids is 1. The molecular formula is C10H8ClNO2. The molecule has 0 saturated carbocycles. The molecule has 1 aromatic rings. The molecule has 4 heteroatoms. The van der Waals surface area contributed by atoms with E-state index < -0.39 is 0 Å². The molecule has 0 bridgehead atoms. The third kappa shape index (κ3) is 3.46. The summed E-state index contributed by atoms with van der Waals surface area (Å²) >= 11 is 5.66. The van der Waals surface area contributed by atoms with Crippen molar-refractivity contribution in [1.29, 1.82) is 5.26 Å². The van der Waals surface area contributed by atoms with Crippen LogP contribution in [0.1, 0.15) is 6.42 Å². The first-order chi connectivity index (χ1) is 6.72. The van der Waals surface area contributed by atoms with E-state index in [2.05, 4.69) is 0 Å². The number of Topliss-reactive ketones (excluding diaryl/α,β-unsaturated/α-hetero) is 1. The van der Waals surface area contributed by atoms with Crippen LogP contribution in [-0.4, -0.2) is 12.4 Å². The van der Waals surface area contributed by atoms with Crippen molar-refractivity contribution in [2.45, 2.75) is 6.42 Å². The SMILES string of the molecule is N#CCC(=O)COc1ccc(Cl)cc1.